The molecule has 2 rings (SSSR count). The van der Waals surface area contributed by atoms with Gasteiger partial charge in [0.15, 0.2) is 5.41 Å². The molecule has 0 spiro atoms. The zero-order valence-electron chi connectivity index (χ0n) is 16.4. The van der Waals surface area contributed by atoms with Crippen molar-refractivity contribution in [2.45, 2.75) is 38.9 Å². The number of allylic oxidation sites excluding steroid dienone is 2. The second kappa shape index (κ2) is 8.56. The van der Waals surface area contributed by atoms with Gasteiger partial charge in [-0.2, -0.15) is 0 Å². The minimum atomic E-state index is -1.52. The van der Waals surface area contributed by atoms with E-state index in [1.54, 1.807) is 6.08 Å². The Balaban J connectivity index is 2.48. The molecule has 27 heavy (non-hydrogen) atoms. The summed E-state index contributed by atoms with van der Waals surface area (Å²) >= 11 is 0. The van der Waals surface area contributed by atoms with Crippen molar-refractivity contribution in [2.75, 3.05) is 34.4 Å². The van der Waals surface area contributed by atoms with E-state index in [1.165, 1.54) is 27.4 Å². The van der Waals surface area contributed by atoms with Crippen molar-refractivity contribution in [3.05, 3.63) is 23.4 Å². The molecule has 0 aromatic carbocycles. The van der Waals surface area contributed by atoms with Crippen molar-refractivity contribution >= 4 is 17.9 Å². The van der Waals surface area contributed by atoms with E-state index in [1.807, 2.05) is 13.8 Å². The first-order valence-corrected chi connectivity index (χ1v) is 8.83. The Bertz CT molecular complexity index is 641. The molecule has 1 aliphatic carbocycles. The van der Waals surface area contributed by atoms with Gasteiger partial charge in [0.2, 0.25) is 0 Å². The maximum atomic E-state index is 12.4. The lowest BCUT2D eigenvalue weighted by Gasteiger charge is -2.42. The first-order valence-electron chi connectivity index (χ1n) is 8.83. The van der Waals surface area contributed by atoms with E-state index in [9.17, 15) is 14.4 Å². The third-order valence-electron chi connectivity index (χ3n) is 4.87. The maximum Gasteiger partial charge on any atom is 0.330 e. The molecule has 1 aliphatic heterocycles. The first kappa shape index (κ1) is 21.0. The van der Waals surface area contributed by atoms with Gasteiger partial charge >= 0.3 is 17.9 Å². The van der Waals surface area contributed by atoms with Crippen LogP contribution in [0.15, 0.2) is 23.4 Å². The van der Waals surface area contributed by atoms with Gasteiger partial charge in [0.1, 0.15) is 0 Å². The SMILES string of the molecule is COC(=O)/C=C1\CC(C(=O)OC)(C(=O)OC)CC=C1N1C[C@@H](C)O[C@@H](C)C1. The lowest BCUT2D eigenvalue weighted by molar-refractivity contribution is -0.169. The number of ether oxygens (including phenoxy) is 4. The lowest BCUT2D eigenvalue weighted by Crippen LogP contribution is -2.48. The monoisotopic (exact) mass is 381 g/mol. The summed E-state index contributed by atoms with van der Waals surface area (Å²) in [5, 5.41) is 0. The summed E-state index contributed by atoms with van der Waals surface area (Å²) in [4.78, 5) is 38.9. The van der Waals surface area contributed by atoms with Crippen molar-refractivity contribution in [3.8, 4) is 0 Å². The predicted molar refractivity (Wildman–Crippen MR) is 95.5 cm³/mol. The van der Waals surface area contributed by atoms with Crippen LogP contribution in [0.5, 0.6) is 0 Å². The number of hydrogen-bond acceptors (Lipinski definition) is 8. The fraction of sp³-hybridized carbons (Fsp3) is 0.632. The zero-order chi connectivity index (χ0) is 20.2. The summed E-state index contributed by atoms with van der Waals surface area (Å²) in [5.41, 5.74) is -0.188. The van der Waals surface area contributed by atoms with Gasteiger partial charge in [0.25, 0.3) is 0 Å². The molecule has 0 saturated carbocycles. The normalized spacial score (nSPS) is 26.2. The van der Waals surface area contributed by atoms with Crippen LogP contribution in [-0.4, -0.2) is 69.4 Å². The van der Waals surface area contributed by atoms with Crippen LogP contribution < -0.4 is 0 Å². The number of methoxy groups -OCH3 is 3. The molecule has 0 unspecified atom stereocenters. The van der Waals surface area contributed by atoms with Crippen molar-refractivity contribution in [1.82, 2.24) is 4.90 Å². The smallest absolute Gasteiger partial charge is 0.330 e. The van der Waals surface area contributed by atoms with Crippen LogP contribution >= 0.6 is 0 Å². The number of carbonyl (C=O) groups excluding carboxylic acids is 3. The number of esters is 3. The molecule has 2 aliphatic rings. The van der Waals surface area contributed by atoms with Crippen LogP contribution in [0.3, 0.4) is 0 Å². The number of hydrogen-bond donors (Lipinski definition) is 0. The van der Waals surface area contributed by atoms with Crippen molar-refractivity contribution in [1.29, 1.82) is 0 Å². The molecular formula is C19H27NO7. The third kappa shape index (κ3) is 4.32. The highest BCUT2D eigenvalue weighted by molar-refractivity contribution is 6.01. The zero-order valence-corrected chi connectivity index (χ0v) is 16.4. The molecule has 0 bridgehead atoms. The Kier molecular flexibility index (Phi) is 6.64. The average Bonchev–Trinajstić information content (AvgIpc) is 2.65. The standard InChI is InChI=1S/C19H27NO7/c1-12-10-20(11-13(2)27-12)15-6-7-19(17(22)25-4,18(23)26-5)9-14(15)8-16(21)24-3/h6,8,12-13H,7,9-11H2,1-5H3/b14-8+/t12-,13+. The van der Waals surface area contributed by atoms with Gasteiger partial charge in [0.05, 0.1) is 33.5 Å². The van der Waals surface area contributed by atoms with Gasteiger partial charge in [-0.25, -0.2) is 4.79 Å². The summed E-state index contributed by atoms with van der Waals surface area (Å²) in [6, 6.07) is 0. The van der Waals surface area contributed by atoms with E-state index in [0.717, 1.165) is 5.70 Å². The van der Waals surface area contributed by atoms with Crippen LogP contribution in [0.4, 0.5) is 0 Å². The highest BCUT2D eigenvalue weighted by Gasteiger charge is 2.51. The van der Waals surface area contributed by atoms with Crippen LogP contribution in [0.1, 0.15) is 26.7 Å². The van der Waals surface area contributed by atoms with Crippen LogP contribution in [0.25, 0.3) is 0 Å². The molecule has 1 fully saturated rings. The minimum Gasteiger partial charge on any atom is -0.468 e. The summed E-state index contributed by atoms with van der Waals surface area (Å²) in [7, 11) is 3.72. The van der Waals surface area contributed by atoms with Gasteiger partial charge in [-0.1, -0.05) is 6.08 Å². The predicted octanol–water partition coefficient (Wildman–Crippen LogP) is 1.21. The van der Waals surface area contributed by atoms with E-state index in [-0.39, 0.29) is 25.0 Å². The van der Waals surface area contributed by atoms with E-state index in [2.05, 4.69) is 4.90 Å². The molecule has 8 nitrogen and oxygen atoms in total. The van der Waals surface area contributed by atoms with Gasteiger partial charge < -0.3 is 23.8 Å². The van der Waals surface area contributed by atoms with E-state index >= 15 is 0 Å². The highest BCUT2D eigenvalue weighted by atomic mass is 16.5. The molecule has 0 aromatic heterocycles. The molecule has 0 amide bonds. The summed E-state index contributed by atoms with van der Waals surface area (Å²) in [5.74, 6) is -1.94. The number of nitrogens with zero attached hydrogens (tertiary/aromatic N) is 1. The second-order valence-corrected chi connectivity index (χ2v) is 6.89. The molecule has 1 heterocycles. The summed E-state index contributed by atoms with van der Waals surface area (Å²) in [6.07, 6.45) is 3.25. The molecule has 8 heteroatoms. The molecule has 150 valence electrons. The molecule has 0 N–H and O–H groups in total. The lowest BCUT2D eigenvalue weighted by atomic mass is 9.73. The Hall–Kier alpha value is -2.35. The number of morpholine rings is 1. The highest BCUT2D eigenvalue weighted by Crippen LogP contribution is 2.42. The van der Waals surface area contributed by atoms with Crippen LogP contribution in [-0.2, 0) is 33.3 Å². The maximum absolute atomic E-state index is 12.4. The van der Waals surface area contributed by atoms with E-state index in [0.29, 0.717) is 18.7 Å². The molecule has 0 radical (unpaired) electrons. The molecule has 2 atom stereocenters. The number of rotatable bonds is 4. The minimum absolute atomic E-state index is 0.00655. The van der Waals surface area contributed by atoms with Crippen LogP contribution in [0.2, 0.25) is 0 Å². The molecule has 0 aromatic rings. The first-order chi connectivity index (χ1) is 12.8. The largest absolute Gasteiger partial charge is 0.468 e. The topological polar surface area (TPSA) is 91.4 Å². The fourth-order valence-electron chi connectivity index (χ4n) is 3.71. The van der Waals surface area contributed by atoms with Gasteiger partial charge in [-0.15, -0.1) is 0 Å². The number of carbonyl (C=O) groups is 3. The fourth-order valence-corrected chi connectivity index (χ4v) is 3.71. The quantitative estimate of drug-likeness (QED) is 0.311. The average molecular weight is 381 g/mol. The second-order valence-electron chi connectivity index (χ2n) is 6.89. The molecular weight excluding hydrogens is 354 g/mol. The van der Waals surface area contributed by atoms with Crippen molar-refractivity contribution in [2.24, 2.45) is 5.41 Å². The van der Waals surface area contributed by atoms with Gasteiger partial charge in [-0.05, 0) is 25.8 Å². The summed E-state index contributed by atoms with van der Waals surface area (Å²) < 4.78 is 20.3. The van der Waals surface area contributed by atoms with Crippen LogP contribution in [0, 0.1) is 5.41 Å². The Morgan fingerprint density at radius 3 is 2.11 bits per heavy atom. The molecule has 1 saturated heterocycles. The third-order valence-corrected chi connectivity index (χ3v) is 4.87. The van der Waals surface area contributed by atoms with E-state index in [4.69, 9.17) is 18.9 Å². The van der Waals surface area contributed by atoms with Gasteiger partial charge in [-0.3, -0.25) is 9.59 Å². The Labute approximate surface area is 159 Å². The van der Waals surface area contributed by atoms with E-state index < -0.39 is 23.3 Å². The summed E-state index contributed by atoms with van der Waals surface area (Å²) in [6.45, 7) is 5.22. The van der Waals surface area contributed by atoms with Crippen molar-refractivity contribution < 1.29 is 33.3 Å². The van der Waals surface area contributed by atoms with Gasteiger partial charge in [0, 0.05) is 31.3 Å². The Morgan fingerprint density at radius 2 is 1.63 bits per heavy atom. The van der Waals surface area contributed by atoms with Crippen molar-refractivity contribution in [3.63, 3.8) is 0 Å². The Morgan fingerprint density at radius 1 is 1.07 bits per heavy atom.